The molecular weight excluding hydrogens is 384 g/mol. The summed E-state index contributed by atoms with van der Waals surface area (Å²) in [5, 5.41) is 0. The van der Waals surface area contributed by atoms with Gasteiger partial charge in [-0.1, -0.05) is 108 Å². The quantitative estimate of drug-likeness (QED) is 0.222. The second kappa shape index (κ2) is 13.0. The van der Waals surface area contributed by atoms with Crippen LogP contribution >= 0.6 is 11.8 Å². The topological polar surface area (TPSA) is 17.1 Å². The number of Topliss-reactive ketones (excluding diaryl/α,β-unsaturated/α-hetero) is 1. The molecular formula is C28H40OS. The Morgan fingerprint density at radius 2 is 1.50 bits per heavy atom. The Balaban J connectivity index is 2.08. The summed E-state index contributed by atoms with van der Waals surface area (Å²) >= 11 is 1.74. The Bertz CT molecular complexity index is 737. The summed E-state index contributed by atoms with van der Waals surface area (Å²) in [6.45, 7) is 9.04. The molecule has 30 heavy (non-hydrogen) atoms. The first-order valence-electron chi connectivity index (χ1n) is 11.9. The third-order valence-electron chi connectivity index (χ3n) is 6.20. The van der Waals surface area contributed by atoms with Crippen molar-refractivity contribution in [3.8, 4) is 0 Å². The van der Waals surface area contributed by atoms with Crippen molar-refractivity contribution in [3.63, 3.8) is 0 Å². The zero-order valence-electron chi connectivity index (χ0n) is 19.5. The molecule has 0 N–H and O–H groups in total. The summed E-state index contributed by atoms with van der Waals surface area (Å²) in [6, 6.07) is 18.7. The molecule has 0 aliphatic heterocycles. The highest BCUT2D eigenvalue weighted by Gasteiger charge is 2.33. The van der Waals surface area contributed by atoms with Crippen LogP contribution < -0.4 is 0 Å². The van der Waals surface area contributed by atoms with Crippen LogP contribution in [0.1, 0.15) is 95.8 Å². The summed E-state index contributed by atoms with van der Waals surface area (Å²) in [5.41, 5.74) is 0.623. The lowest BCUT2D eigenvalue weighted by Crippen LogP contribution is -2.29. The number of unbranched alkanes of at least 4 members (excludes halogenated alkanes) is 3. The smallest absolute Gasteiger partial charge is 0.168 e. The Morgan fingerprint density at radius 1 is 0.833 bits per heavy atom. The van der Waals surface area contributed by atoms with Crippen molar-refractivity contribution in [2.24, 2.45) is 11.3 Å². The fourth-order valence-electron chi connectivity index (χ4n) is 4.14. The van der Waals surface area contributed by atoms with Crippen LogP contribution in [0.15, 0.2) is 64.4 Å². The van der Waals surface area contributed by atoms with E-state index in [2.05, 4.69) is 64.1 Å². The Morgan fingerprint density at radius 3 is 2.13 bits per heavy atom. The van der Waals surface area contributed by atoms with E-state index < -0.39 is 0 Å². The van der Waals surface area contributed by atoms with Gasteiger partial charge in [0.15, 0.2) is 5.78 Å². The van der Waals surface area contributed by atoms with Gasteiger partial charge >= 0.3 is 0 Å². The fraction of sp³-hybridized carbons (Fsp3) is 0.536. The lowest BCUT2D eigenvalue weighted by molar-refractivity contribution is 0.0770. The second-order valence-electron chi connectivity index (χ2n) is 9.07. The predicted octanol–water partition coefficient (Wildman–Crippen LogP) is 9.21. The Kier molecular flexibility index (Phi) is 10.7. The van der Waals surface area contributed by atoms with E-state index in [9.17, 15) is 4.79 Å². The average molecular weight is 425 g/mol. The van der Waals surface area contributed by atoms with Crippen molar-refractivity contribution < 1.29 is 4.79 Å². The number of ketones is 1. The third-order valence-corrected chi connectivity index (χ3v) is 7.21. The molecule has 0 radical (unpaired) electrons. The molecule has 0 aliphatic carbocycles. The van der Waals surface area contributed by atoms with E-state index in [1.807, 2.05) is 18.2 Å². The molecule has 1 nitrogen and oxygen atoms in total. The van der Waals surface area contributed by atoms with Gasteiger partial charge in [-0.25, -0.2) is 0 Å². The van der Waals surface area contributed by atoms with Gasteiger partial charge in [-0.3, -0.25) is 4.79 Å². The van der Waals surface area contributed by atoms with Gasteiger partial charge in [0.25, 0.3) is 0 Å². The van der Waals surface area contributed by atoms with E-state index in [0.29, 0.717) is 11.7 Å². The van der Waals surface area contributed by atoms with E-state index in [4.69, 9.17) is 0 Å². The third kappa shape index (κ3) is 7.95. The molecule has 1 unspecified atom stereocenters. The van der Waals surface area contributed by atoms with Gasteiger partial charge in [0.2, 0.25) is 0 Å². The Hall–Kier alpha value is -1.54. The van der Waals surface area contributed by atoms with Crippen LogP contribution in [0, 0.1) is 11.3 Å². The predicted molar refractivity (Wildman–Crippen MR) is 132 cm³/mol. The standard InChI is InChI=1S/C28H40OS/c1-5-7-8-12-21-28(4,22-20-23(3)13-6-2)27(29)24-16-18-26(19-17-24)30-25-14-10-9-11-15-25/h9-11,14-19,23H,5-8,12-13,20-22H2,1-4H3/t23-,28?/m1/s1. The maximum atomic E-state index is 13.6. The number of carbonyl (C=O) groups is 1. The van der Waals surface area contributed by atoms with Crippen LogP contribution in [0.2, 0.25) is 0 Å². The van der Waals surface area contributed by atoms with Crippen LogP contribution in [0.3, 0.4) is 0 Å². The van der Waals surface area contributed by atoms with Gasteiger partial charge in [0, 0.05) is 20.8 Å². The van der Waals surface area contributed by atoms with Gasteiger partial charge in [0.05, 0.1) is 0 Å². The molecule has 0 aliphatic rings. The van der Waals surface area contributed by atoms with Crippen LogP contribution in [-0.2, 0) is 0 Å². The van der Waals surface area contributed by atoms with E-state index >= 15 is 0 Å². The molecule has 164 valence electrons. The average Bonchev–Trinajstić information content (AvgIpc) is 2.76. The van der Waals surface area contributed by atoms with Gasteiger partial charge in [-0.15, -0.1) is 0 Å². The normalized spacial score (nSPS) is 14.3. The molecule has 2 heteroatoms. The van der Waals surface area contributed by atoms with Gasteiger partial charge in [-0.2, -0.15) is 0 Å². The summed E-state index contributed by atoms with van der Waals surface area (Å²) in [5.74, 6) is 1.03. The molecule has 0 heterocycles. The highest BCUT2D eigenvalue weighted by molar-refractivity contribution is 7.99. The molecule has 2 aromatic rings. The van der Waals surface area contributed by atoms with Gasteiger partial charge in [-0.05, 0) is 49.4 Å². The van der Waals surface area contributed by atoms with Gasteiger partial charge < -0.3 is 0 Å². The largest absolute Gasteiger partial charge is 0.294 e. The van der Waals surface area contributed by atoms with Crippen molar-refractivity contribution >= 4 is 17.5 Å². The minimum Gasteiger partial charge on any atom is -0.294 e. The van der Waals surface area contributed by atoms with Crippen molar-refractivity contribution in [2.45, 2.75) is 95.3 Å². The van der Waals surface area contributed by atoms with Crippen molar-refractivity contribution in [1.29, 1.82) is 0 Å². The summed E-state index contributed by atoms with van der Waals surface area (Å²) < 4.78 is 0. The van der Waals surface area contributed by atoms with Crippen LogP contribution in [0.5, 0.6) is 0 Å². The van der Waals surface area contributed by atoms with Crippen molar-refractivity contribution in [1.82, 2.24) is 0 Å². The molecule has 0 spiro atoms. The van der Waals surface area contributed by atoms with Crippen LogP contribution in [0.4, 0.5) is 0 Å². The highest BCUT2D eigenvalue weighted by Crippen LogP contribution is 2.37. The fourth-order valence-corrected chi connectivity index (χ4v) is 4.98. The number of benzene rings is 2. The van der Waals surface area contributed by atoms with E-state index in [1.165, 1.54) is 41.9 Å². The number of carbonyl (C=O) groups excluding carboxylic acids is 1. The second-order valence-corrected chi connectivity index (χ2v) is 10.2. The molecule has 2 rings (SSSR count). The summed E-state index contributed by atoms with van der Waals surface area (Å²) in [6.07, 6.45) is 10.5. The first kappa shape index (κ1) is 24.7. The lowest BCUT2D eigenvalue weighted by Gasteiger charge is -2.30. The van der Waals surface area contributed by atoms with Crippen molar-refractivity contribution in [2.75, 3.05) is 0 Å². The van der Waals surface area contributed by atoms with Crippen LogP contribution in [-0.4, -0.2) is 5.78 Å². The minimum atomic E-state index is -0.246. The summed E-state index contributed by atoms with van der Waals surface area (Å²) in [7, 11) is 0. The number of hydrogen-bond acceptors (Lipinski definition) is 2. The molecule has 0 saturated carbocycles. The van der Waals surface area contributed by atoms with Crippen LogP contribution in [0.25, 0.3) is 0 Å². The summed E-state index contributed by atoms with van der Waals surface area (Å²) in [4.78, 5) is 16.0. The Labute approximate surface area is 189 Å². The molecule has 0 amide bonds. The molecule has 0 bridgehead atoms. The van der Waals surface area contributed by atoms with E-state index in [1.54, 1.807) is 11.8 Å². The highest BCUT2D eigenvalue weighted by atomic mass is 32.2. The zero-order chi connectivity index (χ0) is 21.8. The van der Waals surface area contributed by atoms with Crippen molar-refractivity contribution in [3.05, 3.63) is 60.2 Å². The molecule has 2 atom stereocenters. The first-order chi connectivity index (χ1) is 14.5. The number of rotatable bonds is 14. The van der Waals surface area contributed by atoms with Gasteiger partial charge in [0.1, 0.15) is 0 Å². The van der Waals surface area contributed by atoms with E-state index in [0.717, 1.165) is 31.2 Å². The van der Waals surface area contributed by atoms with E-state index in [-0.39, 0.29) is 5.41 Å². The molecule has 2 aromatic carbocycles. The molecule has 0 saturated heterocycles. The maximum absolute atomic E-state index is 13.6. The first-order valence-corrected chi connectivity index (χ1v) is 12.7. The molecule has 0 fully saturated rings. The number of hydrogen-bond donors (Lipinski definition) is 0. The SMILES string of the molecule is CCCCCCC(C)(CC[C@H](C)CCC)C(=O)c1ccc(Sc2ccccc2)cc1. The monoisotopic (exact) mass is 424 g/mol. The zero-order valence-corrected chi connectivity index (χ0v) is 20.3. The minimum absolute atomic E-state index is 0.246. The maximum Gasteiger partial charge on any atom is 0.168 e. The molecule has 0 aromatic heterocycles. The lowest BCUT2D eigenvalue weighted by atomic mass is 9.73.